The molecule has 3 rings (SSSR count). The van der Waals surface area contributed by atoms with Gasteiger partial charge >= 0.3 is 0 Å². The van der Waals surface area contributed by atoms with Gasteiger partial charge in [0, 0.05) is 16.1 Å². The number of carbonyl (C=O) groups is 1. The van der Waals surface area contributed by atoms with E-state index < -0.39 is 25.4 Å². The third-order valence-corrected chi connectivity index (χ3v) is 5.34. The second kappa shape index (κ2) is 8.41. The highest BCUT2D eigenvalue weighted by atomic mass is 79.9. The van der Waals surface area contributed by atoms with Crippen LogP contribution in [-0.4, -0.2) is 51.8 Å². The van der Waals surface area contributed by atoms with E-state index in [1.807, 2.05) is 30.3 Å². The lowest BCUT2D eigenvalue weighted by Gasteiger charge is -2.22. The fourth-order valence-electron chi connectivity index (χ4n) is 2.28. The van der Waals surface area contributed by atoms with Gasteiger partial charge in [-0.25, -0.2) is 4.99 Å². The molecule has 0 saturated carbocycles. The van der Waals surface area contributed by atoms with Crippen LogP contribution in [0.2, 0.25) is 0 Å². The third kappa shape index (κ3) is 4.50. The van der Waals surface area contributed by atoms with Crippen molar-refractivity contribution in [2.75, 3.05) is 19.8 Å². The summed E-state index contributed by atoms with van der Waals surface area (Å²) in [6, 6.07) is 11.2. The van der Waals surface area contributed by atoms with Gasteiger partial charge in [-0.05, 0) is 36.0 Å². The second-order valence-corrected chi connectivity index (χ2v) is 7.84. The van der Waals surface area contributed by atoms with Crippen molar-refractivity contribution in [1.82, 2.24) is 5.32 Å². The molecule has 7 nitrogen and oxygen atoms in total. The van der Waals surface area contributed by atoms with Crippen molar-refractivity contribution in [1.29, 1.82) is 0 Å². The van der Waals surface area contributed by atoms with Crippen molar-refractivity contribution >= 4 is 44.8 Å². The van der Waals surface area contributed by atoms with E-state index in [0.717, 1.165) is 21.8 Å². The molecular weight excluding hydrogens is 436 g/mol. The molecule has 9 heteroatoms. The lowest BCUT2D eigenvalue weighted by Crippen LogP contribution is -2.41. The van der Waals surface area contributed by atoms with Gasteiger partial charge in [0.1, 0.15) is 17.1 Å². The number of amidine groups is 1. The summed E-state index contributed by atoms with van der Waals surface area (Å²) in [5, 5.41) is 30.8. The number of hydrogen-bond donors (Lipinski definition) is 4. The van der Waals surface area contributed by atoms with E-state index in [0.29, 0.717) is 16.4 Å². The normalized spacial score (nSPS) is 17.7. The van der Waals surface area contributed by atoms with Crippen LogP contribution in [0.3, 0.4) is 0 Å². The van der Waals surface area contributed by atoms with Gasteiger partial charge in [-0.15, -0.1) is 0 Å². The van der Waals surface area contributed by atoms with Gasteiger partial charge in [-0.2, -0.15) is 0 Å². The Morgan fingerprint density at radius 1 is 1.11 bits per heavy atom. The maximum Gasteiger partial charge on any atom is 0.264 e. The Hall–Kier alpha value is -1.91. The average molecular weight is 453 g/mol. The number of benzene rings is 1. The summed E-state index contributed by atoms with van der Waals surface area (Å²) in [6.45, 7) is -1.64. The average Bonchev–Trinajstić information content (AvgIpc) is 3.27. The van der Waals surface area contributed by atoms with Crippen molar-refractivity contribution in [2.45, 2.75) is 5.54 Å². The number of aliphatic hydroxyl groups is 3. The number of nitrogens with zero attached hydrogens (tertiary/aromatic N) is 1. The predicted molar refractivity (Wildman–Crippen MR) is 107 cm³/mol. The number of thioether (sulfide) groups is 1. The summed E-state index contributed by atoms with van der Waals surface area (Å²) < 4.78 is 6.74. The zero-order chi connectivity index (χ0) is 19.4. The molecule has 0 unspecified atom stereocenters. The number of amides is 1. The number of furan rings is 1. The Morgan fingerprint density at radius 2 is 1.78 bits per heavy atom. The third-order valence-electron chi connectivity index (χ3n) is 3.90. The van der Waals surface area contributed by atoms with Gasteiger partial charge < -0.3 is 25.1 Å². The van der Waals surface area contributed by atoms with Gasteiger partial charge in [-0.1, -0.05) is 28.1 Å². The number of carbonyl (C=O) groups excluding carboxylic acids is 1. The van der Waals surface area contributed by atoms with Crippen LogP contribution < -0.4 is 5.32 Å². The molecule has 0 bridgehead atoms. The summed E-state index contributed by atoms with van der Waals surface area (Å²) in [6.07, 6.45) is 1.59. The number of nitrogens with one attached hydrogen (secondary N) is 1. The zero-order valence-corrected chi connectivity index (χ0v) is 16.5. The van der Waals surface area contributed by atoms with Crippen molar-refractivity contribution in [2.24, 2.45) is 4.99 Å². The fourth-order valence-corrected chi connectivity index (χ4v) is 3.46. The van der Waals surface area contributed by atoms with E-state index in [-0.39, 0.29) is 11.1 Å². The van der Waals surface area contributed by atoms with E-state index >= 15 is 0 Å². The van der Waals surface area contributed by atoms with E-state index in [1.54, 1.807) is 12.1 Å². The van der Waals surface area contributed by atoms with Crippen molar-refractivity contribution in [3.63, 3.8) is 0 Å². The minimum atomic E-state index is -1.44. The molecular formula is C18H17BrN2O5S. The number of halogens is 1. The second-order valence-electron chi connectivity index (χ2n) is 5.89. The lowest BCUT2D eigenvalue weighted by molar-refractivity contribution is -0.115. The summed E-state index contributed by atoms with van der Waals surface area (Å²) >= 11 is 4.43. The molecule has 1 amide bonds. The van der Waals surface area contributed by atoms with E-state index in [9.17, 15) is 20.1 Å². The van der Waals surface area contributed by atoms with Crippen LogP contribution in [0.5, 0.6) is 0 Å². The Bertz CT molecular complexity index is 879. The van der Waals surface area contributed by atoms with Crippen LogP contribution >= 0.6 is 27.7 Å². The van der Waals surface area contributed by atoms with Crippen molar-refractivity contribution in [3.05, 3.63) is 51.5 Å². The van der Waals surface area contributed by atoms with Gasteiger partial charge in [-0.3, -0.25) is 4.79 Å². The first kappa shape index (κ1) is 19.8. The van der Waals surface area contributed by atoms with Crippen molar-refractivity contribution < 1.29 is 24.5 Å². The van der Waals surface area contributed by atoms with Gasteiger partial charge in [0.05, 0.1) is 24.7 Å². The van der Waals surface area contributed by atoms with Crippen LogP contribution in [0.25, 0.3) is 17.4 Å². The highest BCUT2D eigenvalue weighted by Crippen LogP contribution is 2.30. The molecule has 0 radical (unpaired) electrons. The molecule has 2 heterocycles. The summed E-state index contributed by atoms with van der Waals surface area (Å²) in [4.78, 5) is 16.6. The molecule has 0 atom stereocenters. The molecule has 4 N–H and O–H groups in total. The molecule has 27 heavy (non-hydrogen) atoms. The monoisotopic (exact) mass is 452 g/mol. The number of aliphatic imine (C=N–C) groups is 1. The first-order valence-electron chi connectivity index (χ1n) is 7.98. The minimum absolute atomic E-state index is 0.197. The van der Waals surface area contributed by atoms with Gasteiger partial charge in [0.2, 0.25) is 0 Å². The van der Waals surface area contributed by atoms with Crippen LogP contribution in [0.1, 0.15) is 5.76 Å². The quantitative estimate of drug-likeness (QED) is 0.498. The molecule has 1 aromatic carbocycles. The molecule has 2 aromatic rings. The van der Waals surface area contributed by atoms with Crippen LogP contribution in [0.15, 0.2) is 55.2 Å². The Balaban J connectivity index is 1.80. The predicted octanol–water partition coefficient (Wildman–Crippen LogP) is 1.98. The molecule has 1 aliphatic heterocycles. The lowest BCUT2D eigenvalue weighted by atomic mass is 10.1. The maximum atomic E-state index is 12.1. The summed E-state index contributed by atoms with van der Waals surface area (Å²) in [5.74, 6) is 0.805. The first-order valence-corrected chi connectivity index (χ1v) is 9.59. The van der Waals surface area contributed by atoms with Gasteiger partial charge in [0.15, 0.2) is 5.17 Å². The number of hydrogen-bond acceptors (Lipinski definition) is 7. The topological polar surface area (TPSA) is 115 Å². The molecule has 1 saturated heterocycles. The fraction of sp³-hybridized carbons (Fsp3) is 0.222. The van der Waals surface area contributed by atoms with E-state index in [2.05, 4.69) is 26.2 Å². The Kier molecular flexibility index (Phi) is 6.18. The Morgan fingerprint density at radius 3 is 2.41 bits per heavy atom. The standard InChI is InChI=1S/C18H17BrN2O5S/c19-12-3-1-11(2-4-12)14-6-5-13(26-14)7-15-16(25)20-17(27-15)21-18(8-22,9-23)10-24/h1-7,22-24H,8-10H2,(H,20,21,25). The molecule has 142 valence electrons. The van der Waals surface area contributed by atoms with E-state index in [1.165, 1.54) is 0 Å². The molecule has 1 aliphatic rings. The molecule has 1 aromatic heterocycles. The van der Waals surface area contributed by atoms with E-state index in [4.69, 9.17) is 4.42 Å². The van der Waals surface area contributed by atoms with Gasteiger partial charge in [0.25, 0.3) is 5.91 Å². The molecule has 0 spiro atoms. The molecule has 0 aliphatic carbocycles. The Labute approximate surface area is 167 Å². The number of rotatable bonds is 6. The van der Waals surface area contributed by atoms with Crippen molar-refractivity contribution in [3.8, 4) is 11.3 Å². The largest absolute Gasteiger partial charge is 0.457 e. The number of aliphatic hydroxyl groups excluding tert-OH is 3. The first-order chi connectivity index (χ1) is 13.0. The zero-order valence-electron chi connectivity index (χ0n) is 14.1. The maximum absolute atomic E-state index is 12.1. The highest BCUT2D eigenvalue weighted by molar-refractivity contribution is 9.10. The van der Waals surface area contributed by atoms with Crippen LogP contribution in [0, 0.1) is 0 Å². The summed E-state index contributed by atoms with van der Waals surface area (Å²) in [5.41, 5.74) is -0.530. The summed E-state index contributed by atoms with van der Waals surface area (Å²) in [7, 11) is 0. The SMILES string of the molecule is O=C1NC(=NC(CO)(CO)CO)SC1=Cc1ccc(-c2ccc(Br)cc2)o1. The smallest absolute Gasteiger partial charge is 0.264 e. The van der Waals surface area contributed by atoms with Crippen LogP contribution in [0.4, 0.5) is 0 Å². The minimum Gasteiger partial charge on any atom is -0.457 e. The van der Waals surface area contributed by atoms with Crippen LogP contribution in [-0.2, 0) is 4.79 Å². The molecule has 1 fully saturated rings. The highest BCUT2D eigenvalue weighted by Gasteiger charge is 2.32.